The van der Waals surface area contributed by atoms with Crippen LogP contribution in [-0.2, 0) is 11.2 Å². The third-order valence-corrected chi connectivity index (χ3v) is 3.57. The van der Waals surface area contributed by atoms with Crippen molar-refractivity contribution in [2.24, 2.45) is 0 Å². The standard InChI is InChI=1S/C14H17N3O3/c1-10-11(6-9-19-10)14-16-15-12(20-14)4-5-13(18)17-7-2-3-8-17/h6,9H,2-5,7-8H2,1H3. The van der Waals surface area contributed by atoms with Gasteiger partial charge in [0.25, 0.3) is 5.89 Å². The maximum atomic E-state index is 11.9. The molecule has 1 saturated heterocycles. The number of likely N-dealkylation sites (tertiary alicyclic amines) is 1. The van der Waals surface area contributed by atoms with Crippen LogP contribution in [0, 0.1) is 6.92 Å². The smallest absolute Gasteiger partial charge is 0.251 e. The van der Waals surface area contributed by atoms with Crippen LogP contribution in [0.15, 0.2) is 21.2 Å². The number of aryl methyl sites for hydroxylation is 2. The third kappa shape index (κ3) is 2.59. The molecule has 20 heavy (non-hydrogen) atoms. The summed E-state index contributed by atoms with van der Waals surface area (Å²) < 4.78 is 10.8. The molecule has 0 radical (unpaired) electrons. The quantitative estimate of drug-likeness (QED) is 0.855. The van der Waals surface area contributed by atoms with Gasteiger partial charge in [-0.15, -0.1) is 10.2 Å². The summed E-state index contributed by atoms with van der Waals surface area (Å²) in [5, 5.41) is 7.98. The summed E-state index contributed by atoms with van der Waals surface area (Å²) in [6.07, 6.45) is 4.71. The normalized spacial score (nSPS) is 14.9. The zero-order valence-corrected chi connectivity index (χ0v) is 11.5. The van der Waals surface area contributed by atoms with Gasteiger partial charge in [-0.3, -0.25) is 4.79 Å². The van der Waals surface area contributed by atoms with Gasteiger partial charge in [0.05, 0.1) is 11.8 Å². The van der Waals surface area contributed by atoms with Gasteiger partial charge in [0.1, 0.15) is 5.76 Å². The maximum absolute atomic E-state index is 11.9. The van der Waals surface area contributed by atoms with Crippen LogP contribution < -0.4 is 0 Å². The summed E-state index contributed by atoms with van der Waals surface area (Å²) in [4.78, 5) is 13.8. The van der Waals surface area contributed by atoms with Crippen LogP contribution in [0.1, 0.15) is 30.9 Å². The first-order valence-electron chi connectivity index (χ1n) is 6.88. The minimum atomic E-state index is 0.168. The van der Waals surface area contributed by atoms with Crippen LogP contribution in [0.5, 0.6) is 0 Å². The molecule has 106 valence electrons. The van der Waals surface area contributed by atoms with Gasteiger partial charge in [0.2, 0.25) is 11.8 Å². The number of hydrogen-bond acceptors (Lipinski definition) is 5. The van der Waals surface area contributed by atoms with Crippen LogP contribution in [0.2, 0.25) is 0 Å². The first-order chi connectivity index (χ1) is 9.74. The fourth-order valence-electron chi connectivity index (χ4n) is 2.41. The van der Waals surface area contributed by atoms with Gasteiger partial charge < -0.3 is 13.7 Å². The van der Waals surface area contributed by atoms with Gasteiger partial charge in [0.15, 0.2) is 0 Å². The molecule has 1 fully saturated rings. The molecule has 0 atom stereocenters. The molecule has 0 bridgehead atoms. The first-order valence-corrected chi connectivity index (χ1v) is 6.88. The van der Waals surface area contributed by atoms with Crippen LogP contribution in [0.3, 0.4) is 0 Å². The summed E-state index contributed by atoms with van der Waals surface area (Å²) in [5.41, 5.74) is 0.801. The van der Waals surface area contributed by atoms with E-state index in [2.05, 4.69) is 10.2 Å². The van der Waals surface area contributed by atoms with E-state index in [9.17, 15) is 4.79 Å². The molecule has 0 spiro atoms. The molecular formula is C14H17N3O3. The molecule has 0 aromatic carbocycles. The second-order valence-corrected chi connectivity index (χ2v) is 4.98. The van der Waals surface area contributed by atoms with Crippen molar-refractivity contribution in [3.8, 4) is 11.5 Å². The van der Waals surface area contributed by atoms with E-state index in [1.165, 1.54) is 0 Å². The Morgan fingerprint density at radius 1 is 1.35 bits per heavy atom. The van der Waals surface area contributed by atoms with E-state index >= 15 is 0 Å². The van der Waals surface area contributed by atoms with Crippen molar-refractivity contribution in [2.75, 3.05) is 13.1 Å². The van der Waals surface area contributed by atoms with Crippen molar-refractivity contribution in [1.82, 2.24) is 15.1 Å². The Hall–Kier alpha value is -2.11. The van der Waals surface area contributed by atoms with E-state index in [1.54, 1.807) is 12.3 Å². The molecule has 0 unspecified atom stereocenters. The molecule has 1 amide bonds. The third-order valence-electron chi connectivity index (χ3n) is 3.57. The zero-order valence-electron chi connectivity index (χ0n) is 11.5. The Morgan fingerprint density at radius 2 is 2.15 bits per heavy atom. The van der Waals surface area contributed by atoms with Gasteiger partial charge in [0, 0.05) is 25.9 Å². The highest BCUT2D eigenvalue weighted by Crippen LogP contribution is 2.23. The van der Waals surface area contributed by atoms with E-state index < -0.39 is 0 Å². The lowest BCUT2D eigenvalue weighted by Crippen LogP contribution is -2.27. The van der Waals surface area contributed by atoms with Crippen LogP contribution in [0.4, 0.5) is 0 Å². The predicted octanol–water partition coefficient (Wildman–Crippen LogP) is 2.19. The molecule has 3 heterocycles. The summed E-state index contributed by atoms with van der Waals surface area (Å²) in [7, 11) is 0. The number of furan rings is 1. The minimum Gasteiger partial charge on any atom is -0.469 e. The van der Waals surface area contributed by atoms with Gasteiger partial charge >= 0.3 is 0 Å². The molecule has 3 rings (SSSR count). The predicted molar refractivity (Wildman–Crippen MR) is 70.9 cm³/mol. The van der Waals surface area contributed by atoms with Crippen molar-refractivity contribution in [2.45, 2.75) is 32.6 Å². The van der Waals surface area contributed by atoms with Crippen molar-refractivity contribution < 1.29 is 13.6 Å². The van der Waals surface area contributed by atoms with Gasteiger partial charge in [-0.25, -0.2) is 0 Å². The van der Waals surface area contributed by atoms with E-state index in [-0.39, 0.29) is 5.91 Å². The highest BCUT2D eigenvalue weighted by atomic mass is 16.4. The number of amides is 1. The van der Waals surface area contributed by atoms with E-state index in [4.69, 9.17) is 8.83 Å². The SMILES string of the molecule is Cc1occc1-c1nnc(CCC(=O)N2CCCC2)o1. The molecule has 2 aromatic heterocycles. The number of aromatic nitrogens is 2. The summed E-state index contributed by atoms with van der Waals surface area (Å²) in [5.74, 6) is 1.85. The molecule has 6 heteroatoms. The highest BCUT2D eigenvalue weighted by molar-refractivity contribution is 5.76. The lowest BCUT2D eigenvalue weighted by molar-refractivity contribution is -0.130. The fourth-order valence-corrected chi connectivity index (χ4v) is 2.41. The second-order valence-electron chi connectivity index (χ2n) is 4.98. The van der Waals surface area contributed by atoms with Crippen molar-refractivity contribution >= 4 is 5.91 Å². The minimum absolute atomic E-state index is 0.168. The number of carbonyl (C=O) groups is 1. The van der Waals surface area contributed by atoms with Crippen molar-refractivity contribution in [1.29, 1.82) is 0 Å². The average Bonchev–Trinajstić information content (AvgIpc) is 3.17. The van der Waals surface area contributed by atoms with Crippen LogP contribution in [0.25, 0.3) is 11.5 Å². The number of nitrogens with zero attached hydrogens (tertiary/aromatic N) is 3. The molecule has 1 aliphatic rings. The monoisotopic (exact) mass is 275 g/mol. The van der Waals surface area contributed by atoms with Crippen molar-refractivity contribution in [3.63, 3.8) is 0 Å². The lowest BCUT2D eigenvalue weighted by Gasteiger charge is -2.13. The molecule has 2 aromatic rings. The fraction of sp³-hybridized carbons (Fsp3) is 0.500. The lowest BCUT2D eigenvalue weighted by atomic mass is 10.2. The molecule has 6 nitrogen and oxygen atoms in total. The zero-order chi connectivity index (χ0) is 13.9. The molecule has 0 saturated carbocycles. The maximum Gasteiger partial charge on any atom is 0.251 e. The molecular weight excluding hydrogens is 258 g/mol. The molecule has 0 N–H and O–H groups in total. The Labute approximate surface area is 116 Å². The van der Waals surface area contributed by atoms with Gasteiger partial charge in [-0.05, 0) is 25.8 Å². The van der Waals surface area contributed by atoms with E-state index in [1.807, 2.05) is 11.8 Å². The Bertz CT molecular complexity index is 596. The molecule has 1 aliphatic heterocycles. The van der Waals surface area contributed by atoms with Crippen molar-refractivity contribution in [3.05, 3.63) is 24.0 Å². The molecule has 0 aliphatic carbocycles. The average molecular weight is 275 g/mol. The second kappa shape index (κ2) is 5.48. The Balaban J connectivity index is 1.60. The highest BCUT2D eigenvalue weighted by Gasteiger charge is 2.19. The number of carbonyl (C=O) groups excluding carboxylic acids is 1. The summed E-state index contributed by atoms with van der Waals surface area (Å²) >= 11 is 0. The largest absolute Gasteiger partial charge is 0.469 e. The first kappa shape index (κ1) is 12.9. The topological polar surface area (TPSA) is 72.4 Å². The van der Waals surface area contributed by atoms with Gasteiger partial charge in [-0.1, -0.05) is 0 Å². The summed E-state index contributed by atoms with van der Waals surface area (Å²) in [6.45, 7) is 3.60. The van der Waals surface area contributed by atoms with Crippen LogP contribution >= 0.6 is 0 Å². The summed E-state index contributed by atoms with van der Waals surface area (Å²) in [6, 6.07) is 1.79. The number of hydrogen-bond donors (Lipinski definition) is 0. The van der Waals surface area contributed by atoms with Gasteiger partial charge in [-0.2, -0.15) is 0 Å². The van der Waals surface area contributed by atoms with E-state index in [0.717, 1.165) is 37.3 Å². The van der Waals surface area contributed by atoms with Crippen LogP contribution in [-0.4, -0.2) is 34.1 Å². The van der Waals surface area contributed by atoms with E-state index in [0.29, 0.717) is 24.6 Å². The number of rotatable bonds is 4. The Kier molecular flexibility index (Phi) is 3.54. The Morgan fingerprint density at radius 3 is 2.85 bits per heavy atom.